The van der Waals surface area contributed by atoms with Crippen molar-refractivity contribution in [3.05, 3.63) is 59.7 Å². The minimum atomic E-state index is -3.72. The number of halogens is 1. The molecule has 0 spiro atoms. The second-order valence-electron chi connectivity index (χ2n) is 4.54. The first kappa shape index (κ1) is 15.6. The van der Waals surface area contributed by atoms with Crippen molar-refractivity contribution < 1.29 is 12.8 Å². The molecule has 0 bridgehead atoms. The van der Waals surface area contributed by atoms with E-state index in [-0.39, 0.29) is 23.5 Å². The Morgan fingerprint density at radius 3 is 2.67 bits per heavy atom. The molecule has 1 aromatic heterocycles. The van der Waals surface area contributed by atoms with Gasteiger partial charge in [-0.1, -0.05) is 6.07 Å². The molecule has 0 saturated heterocycles. The van der Waals surface area contributed by atoms with Crippen molar-refractivity contribution in [2.24, 2.45) is 5.73 Å². The lowest BCUT2D eigenvalue weighted by Gasteiger charge is -2.17. The zero-order chi connectivity index (χ0) is 15.5. The molecule has 0 fully saturated rings. The minimum absolute atomic E-state index is 0.0165. The van der Waals surface area contributed by atoms with Crippen LogP contribution in [0.25, 0.3) is 0 Å². The molecule has 2 rings (SSSR count). The molecule has 0 saturated carbocycles. The van der Waals surface area contributed by atoms with E-state index in [0.29, 0.717) is 5.69 Å². The molecule has 0 amide bonds. The summed E-state index contributed by atoms with van der Waals surface area (Å²) in [6, 6.07) is 8.89. The van der Waals surface area contributed by atoms with Crippen LogP contribution in [0.4, 0.5) is 4.39 Å². The molecular formula is C14H16FN3O2S. The Morgan fingerprint density at radius 1 is 1.29 bits per heavy atom. The number of pyridine rings is 1. The molecular weight excluding hydrogens is 293 g/mol. The van der Waals surface area contributed by atoms with Gasteiger partial charge in [-0.3, -0.25) is 4.98 Å². The number of sulfonamides is 1. The lowest BCUT2D eigenvalue weighted by molar-refractivity contribution is 0.462. The number of aromatic nitrogens is 1. The normalized spacial score (nSPS) is 11.8. The molecule has 0 aliphatic rings. The predicted octanol–water partition coefficient (Wildman–Crippen LogP) is 1.50. The summed E-state index contributed by atoms with van der Waals surface area (Å²) in [5.41, 5.74) is 6.20. The van der Waals surface area contributed by atoms with Crippen LogP contribution in [0.1, 0.15) is 11.3 Å². The number of rotatable bonds is 5. The fraction of sp³-hybridized carbons (Fsp3) is 0.214. The summed E-state index contributed by atoms with van der Waals surface area (Å²) in [7, 11) is -2.26. The van der Waals surface area contributed by atoms with E-state index in [1.54, 1.807) is 24.4 Å². The Balaban J connectivity index is 2.29. The number of nitrogens with two attached hydrogens (primary N) is 1. The summed E-state index contributed by atoms with van der Waals surface area (Å²) in [5.74, 6) is -0.510. The van der Waals surface area contributed by atoms with Crippen LogP contribution in [0, 0.1) is 5.82 Å². The average Bonchev–Trinajstić information content (AvgIpc) is 2.48. The van der Waals surface area contributed by atoms with Gasteiger partial charge >= 0.3 is 0 Å². The van der Waals surface area contributed by atoms with Crippen LogP contribution in [-0.4, -0.2) is 24.8 Å². The summed E-state index contributed by atoms with van der Waals surface area (Å²) >= 11 is 0. The number of hydrogen-bond acceptors (Lipinski definition) is 4. The van der Waals surface area contributed by atoms with Gasteiger partial charge in [-0.25, -0.2) is 12.8 Å². The van der Waals surface area contributed by atoms with Gasteiger partial charge in [0.05, 0.1) is 17.1 Å². The topological polar surface area (TPSA) is 76.3 Å². The molecule has 0 atom stereocenters. The highest BCUT2D eigenvalue weighted by atomic mass is 32.2. The fourth-order valence-corrected chi connectivity index (χ4v) is 3.05. The monoisotopic (exact) mass is 309 g/mol. The van der Waals surface area contributed by atoms with Gasteiger partial charge in [0, 0.05) is 25.4 Å². The van der Waals surface area contributed by atoms with Gasteiger partial charge in [-0.05, 0) is 30.3 Å². The van der Waals surface area contributed by atoms with E-state index >= 15 is 0 Å². The zero-order valence-electron chi connectivity index (χ0n) is 11.5. The third kappa shape index (κ3) is 3.44. The Labute approximate surface area is 123 Å². The summed E-state index contributed by atoms with van der Waals surface area (Å²) in [4.78, 5) is 4.10. The molecule has 1 aromatic carbocycles. The molecule has 7 heteroatoms. The highest BCUT2D eigenvalue weighted by Gasteiger charge is 2.22. The van der Waals surface area contributed by atoms with Crippen LogP contribution < -0.4 is 5.73 Å². The van der Waals surface area contributed by atoms with Crippen LogP contribution in [-0.2, 0) is 23.1 Å². The largest absolute Gasteiger partial charge is 0.326 e. The second-order valence-corrected chi connectivity index (χ2v) is 6.58. The van der Waals surface area contributed by atoms with E-state index in [4.69, 9.17) is 5.73 Å². The van der Waals surface area contributed by atoms with Gasteiger partial charge in [-0.2, -0.15) is 4.31 Å². The Morgan fingerprint density at radius 2 is 2.05 bits per heavy atom. The predicted molar refractivity (Wildman–Crippen MR) is 77.2 cm³/mol. The van der Waals surface area contributed by atoms with E-state index in [2.05, 4.69) is 4.98 Å². The zero-order valence-corrected chi connectivity index (χ0v) is 12.3. The van der Waals surface area contributed by atoms with Crippen LogP contribution in [0.5, 0.6) is 0 Å². The molecule has 5 nitrogen and oxygen atoms in total. The number of nitrogens with zero attached hydrogens (tertiary/aromatic N) is 2. The van der Waals surface area contributed by atoms with E-state index in [1.807, 2.05) is 0 Å². The third-order valence-corrected chi connectivity index (χ3v) is 4.86. The fourth-order valence-electron chi connectivity index (χ4n) is 1.85. The van der Waals surface area contributed by atoms with Crippen LogP contribution in [0.15, 0.2) is 47.5 Å². The van der Waals surface area contributed by atoms with Crippen LogP contribution in [0.3, 0.4) is 0 Å². The summed E-state index contributed by atoms with van der Waals surface area (Å²) in [6.07, 6.45) is 1.60. The van der Waals surface area contributed by atoms with Crippen molar-refractivity contribution in [2.45, 2.75) is 18.0 Å². The molecule has 0 aliphatic carbocycles. The maximum absolute atomic E-state index is 13.4. The van der Waals surface area contributed by atoms with Crippen molar-refractivity contribution in [3.63, 3.8) is 0 Å². The standard InChI is InChI=1S/C14H16FN3O2S/c1-18(10-12-4-2-3-7-17-12)21(19,20)13-5-6-14(15)11(8-13)9-16/h2-8H,9-10,16H2,1H3. The minimum Gasteiger partial charge on any atom is -0.326 e. The molecule has 1 heterocycles. The van der Waals surface area contributed by atoms with Gasteiger partial charge < -0.3 is 5.73 Å². The van der Waals surface area contributed by atoms with E-state index < -0.39 is 15.8 Å². The molecule has 2 N–H and O–H groups in total. The van der Waals surface area contributed by atoms with Gasteiger partial charge in [0.25, 0.3) is 0 Å². The Hall–Kier alpha value is -1.83. The molecule has 21 heavy (non-hydrogen) atoms. The lowest BCUT2D eigenvalue weighted by Crippen LogP contribution is -2.27. The molecule has 0 radical (unpaired) electrons. The van der Waals surface area contributed by atoms with Crippen molar-refractivity contribution in [3.8, 4) is 0 Å². The Kier molecular flexibility index (Phi) is 4.66. The SMILES string of the molecule is CN(Cc1ccccn1)S(=O)(=O)c1ccc(F)c(CN)c1. The van der Waals surface area contributed by atoms with Gasteiger partial charge in [0.15, 0.2) is 0 Å². The third-order valence-electron chi connectivity index (χ3n) is 3.06. The van der Waals surface area contributed by atoms with Crippen LogP contribution >= 0.6 is 0 Å². The maximum atomic E-state index is 13.4. The van der Waals surface area contributed by atoms with E-state index in [9.17, 15) is 12.8 Å². The average molecular weight is 309 g/mol. The van der Waals surface area contributed by atoms with Gasteiger partial charge in [0.1, 0.15) is 5.82 Å². The number of hydrogen-bond donors (Lipinski definition) is 1. The van der Waals surface area contributed by atoms with Crippen molar-refractivity contribution in [2.75, 3.05) is 7.05 Å². The molecule has 0 aliphatic heterocycles. The summed E-state index contributed by atoms with van der Waals surface area (Å²) < 4.78 is 39.5. The first-order valence-electron chi connectivity index (χ1n) is 6.30. The van der Waals surface area contributed by atoms with Crippen molar-refractivity contribution in [1.82, 2.24) is 9.29 Å². The van der Waals surface area contributed by atoms with Crippen molar-refractivity contribution in [1.29, 1.82) is 0 Å². The first-order chi connectivity index (χ1) is 9.95. The quantitative estimate of drug-likeness (QED) is 0.908. The number of benzene rings is 1. The lowest BCUT2D eigenvalue weighted by atomic mass is 10.2. The summed E-state index contributed by atoms with van der Waals surface area (Å²) in [6.45, 7) is 0.0810. The second kappa shape index (κ2) is 6.30. The molecule has 2 aromatic rings. The van der Waals surface area contributed by atoms with Gasteiger partial charge in [0.2, 0.25) is 10.0 Å². The Bertz CT molecular complexity index is 720. The first-order valence-corrected chi connectivity index (χ1v) is 7.74. The highest BCUT2D eigenvalue weighted by Crippen LogP contribution is 2.19. The summed E-state index contributed by atoms with van der Waals surface area (Å²) in [5, 5.41) is 0. The smallest absolute Gasteiger partial charge is 0.243 e. The van der Waals surface area contributed by atoms with Crippen LogP contribution in [0.2, 0.25) is 0 Å². The van der Waals surface area contributed by atoms with E-state index in [1.165, 1.54) is 23.5 Å². The van der Waals surface area contributed by atoms with Gasteiger partial charge in [-0.15, -0.1) is 0 Å². The highest BCUT2D eigenvalue weighted by molar-refractivity contribution is 7.89. The maximum Gasteiger partial charge on any atom is 0.243 e. The van der Waals surface area contributed by atoms with Crippen molar-refractivity contribution >= 4 is 10.0 Å². The molecule has 112 valence electrons. The molecule has 0 unspecified atom stereocenters. The van der Waals surface area contributed by atoms with E-state index in [0.717, 1.165) is 6.07 Å².